The highest BCUT2D eigenvalue weighted by Gasteiger charge is 2.47. The molecule has 5 rings (SSSR count). The molecule has 1 saturated heterocycles. The smallest absolute Gasteiger partial charge is 0.249 e. The van der Waals surface area contributed by atoms with Gasteiger partial charge in [0.05, 0.1) is 6.04 Å². The molecule has 0 N–H and O–H groups in total. The molecular formula is C22H23N3O3S2. The minimum atomic E-state index is -3.74. The number of aromatic nitrogens is 1. The van der Waals surface area contributed by atoms with Gasteiger partial charge in [0.25, 0.3) is 0 Å². The van der Waals surface area contributed by atoms with Crippen LogP contribution in [-0.2, 0) is 23.1 Å². The average Bonchev–Trinajstić information content (AvgIpc) is 3.31. The van der Waals surface area contributed by atoms with Crippen molar-refractivity contribution in [3.05, 3.63) is 76.1 Å². The second-order valence-corrected chi connectivity index (χ2v) is 11.0. The van der Waals surface area contributed by atoms with E-state index in [4.69, 9.17) is 4.74 Å². The van der Waals surface area contributed by atoms with Crippen LogP contribution in [0.1, 0.15) is 15.3 Å². The summed E-state index contributed by atoms with van der Waals surface area (Å²) >= 11 is 1.78. The van der Waals surface area contributed by atoms with Gasteiger partial charge in [0, 0.05) is 42.1 Å². The summed E-state index contributed by atoms with van der Waals surface area (Å²) in [7, 11) is -3.74. The lowest BCUT2D eigenvalue weighted by Gasteiger charge is -2.28. The number of hydrogen-bond acceptors (Lipinski definition) is 6. The van der Waals surface area contributed by atoms with Crippen molar-refractivity contribution in [2.75, 3.05) is 13.1 Å². The molecule has 0 radical (unpaired) electrons. The number of ether oxygens (including phenoxy) is 1. The molecule has 0 amide bonds. The summed E-state index contributed by atoms with van der Waals surface area (Å²) in [6, 6.07) is 16.9. The number of likely N-dealkylation sites (tertiary alicyclic amines) is 1. The first kappa shape index (κ1) is 19.7. The fraction of sp³-hybridized carbons (Fsp3) is 0.318. The van der Waals surface area contributed by atoms with Crippen LogP contribution in [0, 0.1) is 6.92 Å². The number of rotatable bonds is 4. The third-order valence-corrected chi connectivity index (χ3v) is 8.49. The van der Waals surface area contributed by atoms with Gasteiger partial charge in [-0.25, -0.2) is 13.4 Å². The number of sulfonamides is 1. The zero-order valence-corrected chi connectivity index (χ0v) is 18.3. The van der Waals surface area contributed by atoms with E-state index >= 15 is 0 Å². The molecule has 0 bridgehead atoms. The van der Waals surface area contributed by atoms with E-state index in [0.717, 1.165) is 12.1 Å². The predicted molar refractivity (Wildman–Crippen MR) is 116 cm³/mol. The quantitative estimate of drug-likeness (QED) is 0.622. The predicted octanol–water partition coefficient (Wildman–Crippen LogP) is 3.29. The van der Waals surface area contributed by atoms with Crippen molar-refractivity contribution in [3.63, 3.8) is 0 Å². The number of hydrogen-bond donors (Lipinski definition) is 0. The van der Waals surface area contributed by atoms with Crippen LogP contribution in [-0.4, -0.2) is 47.8 Å². The molecule has 2 aliphatic rings. The lowest BCUT2D eigenvalue weighted by atomic mass is 10.1. The Morgan fingerprint density at radius 3 is 2.67 bits per heavy atom. The highest BCUT2D eigenvalue weighted by Crippen LogP contribution is 2.36. The van der Waals surface area contributed by atoms with E-state index in [1.165, 1.54) is 9.75 Å². The topological polar surface area (TPSA) is 62.7 Å². The standard InChI is InChI=1S/C22H23N3O3S2/c1-16-9-10-18(29-16)13-24-14-19-20(15-24)28-22-21(8-5-11-23-22)30(26,27)25(19)12-17-6-3-2-4-7-17/h2-11,19-20H,12-15H2,1H3/t19-,20-/m1/s1. The summed E-state index contributed by atoms with van der Waals surface area (Å²) < 4.78 is 35.1. The van der Waals surface area contributed by atoms with Gasteiger partial charge in [0.2, 0.25) is 15.9 Å². The lowest BCUT2D eigenvalue weighted by Crippen LogP contribution is -2.46. The van der Waals surface area contributed by atoms with Gasteiger partial charge in [-0.3, -0.25) is 4.90 Å². The van der Waals surface area contributed by atoms with Crippen molar-refractivity contribution >= 4 is 21.4 Å². The van der Waals surface area contributed by atoms with E-state index in [1.807, 2.05) is 30.3 Å². The van der Waals surface area contributed by atoms with Crippen LogP contribution in [0.4, 0.5) is 0 Å². The van der Waals surface area contributed by atoms with Crippen molar-refractivity contribution < 1.29 is 13.2 Å². The Bertz CT molecular complexity index is 1150. The molecule has 0 unspecified atom stereocenters. The van der Waals surface area contributed by atoms with Crippen molar-refractivity contribution in [2.24, 2.45) is 0 Å². The van der Waals surface area contributed by atoms with E-state index in [-0.39, 0.29) is 22.9 Å². The van der Waals surface area contributed by atoms with Crippen LogP contribution in [0.5, 0.6) is 5.88 Å². The highest BCUT2D eigenvalue weighted by molar-refractivity contribution is 7.89. The van der Waals surface area contributed by atoms with Gasteiger partial charge in [-0.15, -0.1) is 11.3 Å². The van der Waals surface area contributed by atoms with Gasteiger partial charge in [-0.1, -0.05) is 30.3 Å². The van der Waals surface area contributed by atoms with Crippen LogP contribution in [0.2, 0.25) is 0 Å². The molecule has 156 valence electrons. The van der Waals surface area contributed by atoms with Gasteiger partial charge in [0.15, 0.2) is 0 Å². The van der Waals surface area contributed by atoms with Crippen LogP contribution in [0.25, 0.3) is 0 Å². The molecule has 2 aliphatic heterocycles. The summed E-state index contributed by atoms with van der Waals surface area (Å²) in [6.07, 6.45) is 1.32. The molecular weight excluding hydrogens is 418 g/mol. The first-order chi connectivity index (χ1) is 14.5. The normalized spacial score (nSPS) is 23.4. The summed E-state index contributed by atoms with van der Waals surface area (Å²) in [5.41, 5.74) is 0.958. The van der Waals surface area contributed by atoms with Gasteiger partial charge in [-0.05, 0) is 36.8 Å². The Balaban J connectivity index is 1.50. The molecule has 6 nitrogen and oxygen atoms in total. The zero-order valence-electron chi connectivity index (χ0n) is 16.6. The Kier molecular flexibility index (Phi) is 5.10. The summed E-state index contributed by atoms with van der Waals surface area (Å²) in [6.45, 7) is 4.50. The number of fused-ring (bicyclic) bond motifs is 2. The lowest BCUT2D eigenvalue weighted by molar-refractivity contribution is 0.144. The maximum Gasteiger partial charge on any atom is 0.249 e. The van der Waals surface area contributed by atoms with Crippen molar-refractivity contribution in [2.45, 2.75) is 37.1 Å². The minimum Gasteiger partial charge on any atom is -0.470 e. The van der Waals surface area contributed by atoms with E-state index < -0.39 is 10.0 Å². The van der Waals surface area contributed by atoms with E-state index in [1.54, 1.807) is 34.0 Å². The minimum absolute atomic E-state index is 0.149. The first-order valence-corrected chi connectivity index (χ1v) is 12.2. The molecule has 4 heterocycles. The van der Waals surface area contributed by atoms with E-state index in [2.05, 4.69) is 28.9 Å². The average molecular weight is 442 g/mol. The first-order valence-electron chi connectivity index (χ1n) is 9.96. The van der Waals surface area contributed by atoms with Gasteiger partial charge in [-0.2, -0.15) is 4.31 Å². The molecule has 0 aliphatic carbocycles. The largest absolute Gasteiger partial charge is 0.470 e. The molecule has 1 aromatic carbocycles. The molecule has 1 fully saturated rings. The van der Waals surface area contributed by atoms with Gasteiger partial charge >= 0.3 is 0 Å². The van der Waals surface area contributed by atoms with Crippen LogP contribution in [0.15, 0.2) is 65.7 Å². The van der Waals surface area contributed by atoms with E-state index in [9.17, 15) is 8.42 Å². The summed E-state index contributed by atoms with van der Waals surface area (Å²) in [5, 5.41) is 0. The SMILES string of the molecule is Cc1ccc(CN2C[C@@H]3[C@@H](C2)Oc2ncccc2S(=O)(=O)N3Cc2ccccc2)s1. The molecule has 3 aromatic rings. The Morgan fingerprint density at radius 2 is 1.90 bits per heavy atom. The van der Waals surface area contributed by atoms with Crippen molar-refractivity contribution in [1.29, 1.82) is 0 Å². The van der Waals surface area contributed by atoms with Crippen LogP contribution >= 0.6 is 11.3 Å². The molecule has 0 saturated carbocycles. The number of aryl methyl sites for hydroxylation is 1. The second-order valence-electron chi connectivity index (χ2n) is 7.77. The third kappa shape index (κ3) is 3.65. The molecule has 30 heavy (non-hydrogen) atoms. The number of thiophene rings is 1. The zero-order chi connectivity index (χ0) is 20.7. The van der Waals surface area contributed by atoms with Gasteiger partial charge in [0.1, 0.15) is 11.0 Å². The van der Waals surface area contributed by atoms with Crippen LogP contribution in [0.3, 0.4) is 0 Å². The molecule has 0 spiro atoms. The number of nitrogens with zero attached hydrogens (tertiary/aromatic N) is 3. The maximum absolute atomic E-state index is 13.6. The maximum atomic E-state index is 13.6. The highest BCUT2D eigenvalue weighted by atomic mass is 32.2. The van der Waals surface area contributed by atoms with E-state index in [0.29, 0.717) is 19.6 Å². The number of pyridine rings is 1. The number of benzene rings is 1. The Morgan fingerprint density at radius 1 is 1.07 bits per heavy atom. The monoisotopic (exact) mass is 441 g/mol. The fourth-order valence-corrected chi connectivity index (χ4v) is 6.85. The van der Waals surface area contributed by atoms with Gasteiger partial charge < -0.3 is 4.74 Å². The van der Waals surface area contributed by atoms with Crippen molar-refractivity contribution in [1.82, 2.24) is 14.2 Å². The van der Waals surface area contributed by atoms with Crippen molar-refractivity contribution in [3.8, 4) is 5.88 Å². The summed E-state index contributed by atoms with van der Waals surface area (Å²) in [4.78, 5) is 9.23. The fourth-order valence-electron chi connectivity index (χ4n) is 4.22. The third-order valence-electron chi connectivity index (χ3n) is 5.63. The molecule has 2 atom stereocenters. The Labute approximate surface area is 180 Å². The Hall–Kier alpha value is -2.26. The second kappa shape index (κ2) is 7.77. The molecule has 8 heteroatoms. The van der Waals surface area contributed by atoms with Crippen LogP contribution < -0.4 is 4.74 Å². The molecule has 2 aromatic heterocycles. The summed E-state index contributed by atoms with van der Waals surface area (Å²) in [5.74, 6) is 0.205.